The number of hydrogen-bond donors (Lipinski definition) is 0. The van der Waals surface area contributed by atoms with E-state index in [1.54, 1.807) is 0 Å². The Kier molecular flexibility index (Phi) is 5.23. The Hall–Kier alpha value is -2.57. The molecule has 1 aliphatic rings. The molecule has 5 rings (SSSR count). The van der Waals surface area contributed by atoms with Gasteiger partial charge in [0.1, 0.15) is 0 Å². The number of pyridine rings is 2. The maximum Gasteiger partial charge on any atom is 2.00 e. The van der Waals surface area contributed by atoms with Gasteiger partial charge in [-0.15, -0.1) is 23.3 Å². The van der Waals surface area contributed by atoms with Crippen LogP contribution in [0.25, 0.3) is 22.4 Å². The molecule has 2 aromatic carbocycles. The maximum atomic E-state index is 5.10. The fourth-order valence-electron chi connectivity index (χ4n) is 3.86. The third-order valence-corrected chi connectivity index (χ3v) is 5.57. The summed E-state index contributed by atoms with van der Waals surface area (Å²) < 4.78 is 0. The van der Waals surface area contributed by atoms with Crippen molar-refractivity contribution < 1.29 is 21.1 Å². The van der Waals surface area contributed by atoms with E-state index < -0.39 is 0 Å². The standard InChI is InChI=1S/C26H20N2.Pt/c1-26(2,23-10-6-7-15-27-23)24-14-13-21-16-20-12-11-19(17-22(20)25(21)28-24)18-8-4-3-5-9-18;/h3-8,10-15H,16H2,1-2H3;/q-2;+2. The van der Waals surface area contributed by atoms with Gasteiger partial charge in [0.25, 0.3) is 0 Å². The number of rotatable bonds is 3. The monoisotopic (exact) mass is 555 g/mol. The van der Waals surface area contributed by atoms with Gasteiger partial charge in [0.2, 0.25) is 0 Å². The van der Waals surface area contributed by atoms with Crippen molar-refractivity contribution in [1.29, 1.82) is 0 Å². The van der Waals surface area contributed by atoms with Crippen LogP contribution in [0.1, 0.15) is 36.4 Å². The Bertz CT molecular complexity index is 1150. The fraction of sp³-hybridized carbons (Fsp3) is 0.154. The quantitative estimate of drug-likeness (QED) is 0.270. The largest absolute Gasteiger partial charge is 2.00 e. The van der Waals surface area contributed by atoms with Crippen molar-refractivity contribution in [1.82, 2.24) is 9.97 Å². The van der Waals surface area contributed by atoms with E-state index in [-0.39, 0.29) is 26.5 Å². The van der Waals surface area contributed by atoms with Crippen LogP contribution in [0.5, 0.6) is 0 Å². The second-order valence-corrected chi connectivity index (χ2v) is 7.77. The maximum absolute atomic E-state index is 5.10. The summed E-state index contributed by atoms with van der Waals surface area (Å²) in [5, 5.41) is 0. The number of benzene rings is 2. The molecule has 0 spiro atoms. The molecular weight excluding hydrogens is 535 g/mol. The van der Waals surface area contributed by atoms with Crippen LogP contribution in [0, 0.1) is 12.1 Å². The first-order valence-electron chi connectivity index (χ1n) is 9.57. The predicted octanol–water partition coefficient (Wildman–Crippen LogP) is 5.64. The third-order valence-electron chi connectivity index (χ3n) is 5.57. The summed E-state index contributed by atoms with van der Waals surface area (Å²) in [6.07, 6.45) is 2.76. The molecule has 0 fully saturated rings. The molecule has 4 aromatic rings. The van der Waals surface area contributed by atoms with E-state index >= 15 is 0 Å². The average Bonchev–Trinajstić information content (AvgIpc) is 3.12. The molecular formula is C26H20N2Pt. The molecule has 3 heteroatoms. The Balaban J connectivity index is 0.00000205. The van der Waals surface area contributed by atoms with Gasteiger partial charge in [-0.05, 0) is 38.5 Å². The summed E-state index contributed by atoms with van der Waals surface area (Å²) in [5.41, 5.74) is 8.63. The zero-order valence-corrected chi connectivity index (χ0v) is 18.6. The first-order chi connectivity index (χ1) is 13.6. The molecule has 2 aromatic heterocycles. The molecule has 144 valence electrons. The van der Waals surface area contributed by atoms with Gasteiger partial charge in [0.15, 0.2) is 0 Å². The molecule has 0 aliphatic heterocycles. The fourth-order valence-corrected chi connectivity index (χ4v) is 3.86. The van der Waals surface area contributed by atoms with E-state index in [0.29, 0.717) is 0 Å². The normalized spacial score (nSPS) is 12.1. The molecule has 0 unspecified atom stereocenters. The van der Waals surface area contributed by atoms with Crippen molar-refractivity contribution in [2.45, 2.75) is 25.7 Å². The van der Waals surface area contributed by atoms with Crippen LogP contribution in [0.4, 0.5) is 0 Å². The first-order valence-corrected chi connectivity index (χ1v) is 9.57. The van der Waals surface area contributed by atoms with E-state index in [9.17, 15) is 0 Å². The van der Waals surface area contributed by atoms with Crippen molar-refractivity contribution in [3.05, 3.63) is 108 Å². The summed E-state index contributed by atoms with van der Waals surface area (Å²) in [5.74, 6) is 0. The van der Waals surface area contributed by atoms with Crippen LogP contribution in [0.15, 0.2) is 72.9 Å². The molecule has 0 atom stereocenters. The molecule has 0 N–H and O–H groups in total. The summed E-state index contributed by atoms with van der Waals surface area (Å²) in [6.45, 7) is 4.36. The molecule has 0 amide bonds. The van der Waals surface area contributed by atoms with Crippen LogP contribution in [0.2, 0.25) is 0 Å². The summed E-state index contributed by atoms with van der Waals surface area (Å²) in [4.78, 5) is 9.66. The van der Waals surface area contributed by atoms with Gasteiger partial charge in [-0.1, -0.05) is 17.7 Å². The van der Waals surface area contributed by atoms with Crippen molar-refractivity contribution in [2.24, 2.45) is 0 Å². The molecule has 29 heavy (non-hydrogen) atoms. The Morgan fingerprint density at radius 2 is 1.66 bits per heavy atom. The van der Waals surface area contributed by atoms with Crippen LogP contribution < -0.4 is 0 Å². The van der Waals surface area contributed by atoms with Gasteiger partial charge >= 0.3 is 21.1 Å². The van der Waals surface area contributed by atoms with Crippen molar-refractivity contribution in [3.63, 3.8) is 0 Å². The molecule has 0 saturated carbocycles. The molecule has 2 heterocycles. The average molecular weight is 556 g/mol. The molecule has 0 radical (unpaired) electrons. The van der Waals surface area contributed by atoms with Gasteiger partial charge < -0.3 is 0 Å². The molecule has 2 nitrogen and oxygen atoms in total. The van der Waals surface area contributed by atoms with Crippen molar-refractivity contribution >= 4 is 0 Å². The van der Waals surface area contributed by atoms with E-state index in [4.69, 9.17) is 4.98 Å². The van der Waals surface area contributed by atoms with E-state index in [2.05, 4.69) is 67.4 Å². The van der Waals surface area contributed by atoms with Gasteiger partial charge in [-0.25, -0.2) is 5.56 Å². The number of hydrogen-bond acceptors (Lipinski definition) is 2. The van der Waals surface area contributed by atoms with Crippen molar-refractivity contribution in [2.75, 3.05) is 0 Å². The van der Waals surface area contributed by atoms with E-state index in [1.807, 2.05) is 36.5 Å². The van der Waals surface area contributed by atoms with Gasteiger partial charge in [-0.2, -0.15) is 42.0 Å². The van der Waals surface area contributed by atoms with Gasteiger partial charge in [0.05, 0.1) is 5.69 Å². The Labute approximate surface area is 186 Å². The molecule has 0 saturated heterocycles. The van der Waals surface area contributed by atoms with Crippen LogP contribution in [-0.2, 0) is 32.9 Å². The van der Waals surface area contributed by atoms with Gasteiger partial charge in [0, 0.05) is 23.0 Å². The van der Waals surface area contributed by atoms with Crippen LogP contribution in [-0.4, -0.2) is 9.97 Å². The number of fused-ring (bicyclic) bond motifs is 3. The first kappa shape index (κ1) is 19.7. The topological polar surface area (TPSA) is 25.8 Å². The Morgan fingerprint density at radius 3 is 2.41 bits per heavy atom. The SMILES string of the molecule is CC(C)(c1ccccn1)c1ccc2c(n1)-c1[c-]c(-c3[c-]cccc3)ccc1C2.[Pt+2]. The van der Waals surface area contributed by atoms with Crippen molar-refractivity contribution in [3.8, 4) is 22.4 Å². The minimum atomic E-state index is -0.260. The second-order valence-electron chi connectivity index (χ2n) is 7.77. The zero-order valence-electron chi connectivity index (χ0n) is 16.3. The van der Waals surface area contributed by atoms with Gasteiger partial charge in [-0.3, -0.25) is 9.97 Å². The van der Waals surface area contributed by atoms with Crippen LogP contribution in [0.3, 0.4) is 0 Å². The summed E-state index contributed by atoms with van der Waals surface area (Å²) in [6, 6.07) is 29.7. The van der Waals surface area contributed by atoms with E-state index in [0.717, 1.165) is 40.2 Å². The number of nitrogens with zero attached hydrogens (tertiary/aromatic N) is 2. The number of aromatic nitrogens is 2. The molecule has 1 aliphatic carbocycles. The predicted molar refractivity (Wildman–Crippen MR) is 112 cm³/mol. The van der Waals surface area contributed by atoms with Crippen LogP contribution >= 0.6 is 0 Å². The second kappa shape index (κ2) is 7.69. The molecule has 0 bridgehead atoms. The minimum Gasteiger partial charge on any atom is -0.290 e. The summed E-state index contributed by atoms with van der Waals surface area (Å²) in [7, 11) is 0. The minimum absolute atomic E-state index is 0. The smallest absolute Gasteiger partial charge is 0.290 e. The zero-order chi connectivity index (χ0) is 19.1. The third kappa shape index (κ3) is 3.47. The summed E-state index contributed by atoms with van der Waals surface area (Å²) >= 11 is 0. The Morgan fingerprint density at radius 1 is 0.828 bits per heavy atom. The van der Waals surface area contributed by atoms with E-state index in [1.165, 1.54) is 11.1 Å².